The summed E-state index contributed by atoms with van der Waals surface area (Å²) in [5.74, 6) is 0. The summed E-state index contributed by atoms with van der Waals surface area (Å²) in [5, 5.41) is 9.77. The zero-order valence-corrected chi connectivity index (χ0v) is 8.03. The van der Waals surface area contributed by atoms with Gasteiger partial charge in [-0.2, -0.15) is 0 Å². The van der Waals surface area contributed by atoms with Crippen LogP contribution in [0.25, 0.3) is 0 Å². The van der Waals surface area contributed by atoms with Gasteiger partial charge in [0.25, 0.3) is 0 Å². The molecular formula is C10H19NO. The van der Waals surface area contributed by atoms with Crippen LogP contribution in [0, 0.1) is 0 Å². The molecule has 70 valence electrons. The van der Waals surface area contributed by atoms with Gasteiger partial charge in [-0.05, 0) is 39.8 Å². The number of nitrogens with zero attached hydrogens (tertiary/aromatic N) is 1. The first-order chi connectivity index (χ1) is 5.72. The van der Waals surface area contributed by atoms with Gasteiger partial charge < -0.3 is 10.0 Å². The van der Waals surface area contributed by atoms with Crippen molar-refractivity contribution >= 4 is 0 Å². The van der Waals surface area contributed by atoms with E-state index >= 15 is 0 Å². The van der Waals surface area contributed by atoms with Gasteiger partial charge in [-0.15, -0.1) is 0 Å². The lowest BCUT2D eigenvalue weighted by atomic mass is 9.97. The summed E-state index contributed by atoms with van der Waals surface area (Å²) in [5.41, 5.74) is 0. The van der Waals surface area contributed by atoms with Gasteiger partial charge in [0.2, 0.25) is 0 Å². The highest BCUT2D eigenvalue weighted by atomic mass is 16.3. The summed E-state index contributed by atoms with van der Waals surface area (Å²) >= 11 is 0. The Hall–Kier alpha value is -0.340. The molecule has 1 rings (SSSR count). The first-order valence-electron chi connectivity index (χ1n) is 4.71. The maximum Gasteiger partial charge on any atom is 0.0698 e. The largest absolute Gasteiger partial charge is 0.391 e. The second-order valence-corrected chi connectivity index (χ2v) is 3.72. The third kappa shape index (κ3) is 2.61. The smallest absolute Gasteiger partial charge is 0.0698 e. The summed E-state index contributed by atoms with van der Waals surface area (Å²) in [6.07, 6.45) is 8.34. The molecule has 0 unspecified atom stereocenters. The third-order valence-corrected chi connectivity index (χ3v) is 2.53. The van der Waals surface area contributed by atoms with Crippen molar-refractivity contribution in [2.24, 2.45) is 0 Å². The van der Waals surface area contributed by atoms with Crippen molar-refractivity contribution in [1.29, 1.82) is 0 Å². The Morgan fingerprint density at radius 3 is 2.33 bits per heavy atom. The van der Waals surface area contributed by atoms with Crippen molar-refractivity contribution in [3.8, 4) is 0 Å². The van der Waals surface area contributed by atoms with Crippen molar-refractivity contribution in [3.63, 3.8) is 0 Å². The summed E-state index contributed by atoms with van der Waals surface area (Å²) in [6, 6.07) is 0.343. The minimum absolute atomic E-state index is 0.148. The van der Waals surface area contributed by atoms with Crippen molar-refractivity contribution in [3.05, 3.63) is 12.2 Å². The molecule has 0 heterocycles. The lowest BCUT2D eigenvalue weighted by molar-refractivity contribution is 0.0644. The Labute approximate surface area is 74.9 Å². The minimum Gasteiger partial charge on any atom is -0.391 e. The van der Waals surface area contributed by atoms with Crippen LogP contribution in [0.3, 0.4) is 0 Å². The number of allylic oxidation sites excluding steroid dienone is 2. The van der Waals surface area contributed by atoms with E-state index < -0.39 is 0 Å². The Morgan fingerprint density at radius 2 is 1.75 bits per heavy atom. The molecule has 0 amide bonds. The van der Waals surface area contributed by atoms with Gasteiger partial charge in [0.05, 0.1) is 6.10 Å². The van der Waals surface area contributed by atoms with E-state index in [0.29, 0.717) is 6.04 Å². The van der Waals surface area contributed by atoms with Crippen LogP contribution in [0.2, 0.25) is 0 Å². The van der Waals surface area contributed by atoms with Crippen LogP contribution in [0.5, 0.6) is 0 Å². The average molecular weight is 169 g/mol. The van der Waals surface area contributed by atoms with Crippen LogP contribution in [-0.4, -0.2) is 36.2 Å². The van der Waals surface area contributed by atoms with E-state index in [4.69, 9.17) is 0 Å². The molecule has 0 saturated carbocycles. The molecule has 0 spiro atoms. The standard InChI is InChI=1S/C10H19NO/c1-11(2)9-7-5-3-4-6-8-10(9)12/h3-4,9-10,12H,5-8H2,1-2H3/t9-,10-/m0/s1. The molecule has 1 N–H and O–H groups in total. The third-order valence-electron chi connectivity index (χ3n) is 2.53. The maximum atomic E-state index is 9.77. The van der Waals surface area contributed by atoms with E-state index in [1.54, 1.807) is 0 Å². The van der Waals surface area contributed by atoms with E-state index in [9.17, 15) is 5.11 Å². The molecule has 0 radical (unpaired) electrons. The van der Waals surface area contributed by atoms with Gasteiger partial charge >= 0.3 is 0 Å². The first-order valence-corrected chi connectivity index (χ1v) is 4.71. The Morgan fingerprint density at radius 1 is 1.17 bits per heavy atom. The van der Waals surface area contributed by atoms with Gasteiger partial charge in [0, 0.05) is 6.04 Å². The fourth-order valence-electron chi connectivity index (χ4n) is 1.76. The van der Waals surface area contributed by atoms with Crippen molar-refractivity contribution in [2.75, 3.05) is 14.1 Å². The van der Waals surface area contributed by atoms with Crippen molar-refractivity contribution < 1.29 is 5.11 Å². The van der Waals surface area contributed by atoms with E-state index in [1.165, 1.54) is 0 Å². The van der Waals surface area contributed by atoms with Gasteiger partial charge in [0.15, 0.2) is 0 Å². The minimum atomic E-state index is -0.148. The summed E-state index contributed by atoms with van der Waals surface area (Å²) in [7, 11) is 4.08. The molecule has 0 fully saturated rings. The molecule has 1 aliphatic rings. The summed E-state index contributed by atoms with van der Waals surface area (Å²) < 4.78 is 0. The average Bonchev–Trinajstić information content (AvgIpc) is 1.96. The number of rotatable bonds is 1. The molecule has 0 aromatic heterocycles. The van der Waals surface area contributed by atoms with E-state index in [-0.39, 0.29) is 6.10 Å². The fraction of sp³-hybridized carbons (Fsp3) is 0.800. The Bertz CT molecular complexity index is 154. The molecule has 2 atom stereocenters. The van der Waals surface area contributed by atoms with Gasteiger partial charge in [-0.25, -0.2) is 0 Å². The predicted molar refractivity (Wildman–Crippen MR) is 51.1 cm³/mol. The molecule has 1 aliphatic carbocycles. The molecule has 12 heavy (non-hydrogen) atoms. The molecule has 0 aromatic rings. The number of hydrogen-bond acceptors (Lipinski definition) is 2. The number of hydrogen-bond donors (Lipinski definition) is 1. The molecule has 0 aromatic carbocycles. The summed E-state index contributed by atoms with van der Waals surface area (Å²) in [4.78, 5) is 2.13. The molecule has 0 saturated heterocycles. The molecule has 0 bridgehead atoms. The predicted octanol–water partition coefficient (Wildman–Crippen LogP) is 1.41. The SMILES string of the molecule is CN(C)[C@H]1CCC=CCC[C@@H]1O. The maximum absolute atomic E-state index is 9.77. The highest BCUT2D eigenvalue weighted by Gasteiger charge is 2.20. The zero-order valence-electron chi connectivity index (χ0n) is 8.03. The van der Waals surface area contributed by atoms with Crippen LogP contribution in [-0.2, 0) is 0 Å². The highest BCUT2D eigenvalue weighted by Crippen LogP contribution is 2.16. The van der Waals surface area contributed by atoms with E-state index in [0.717, 1.165) is 25.7 Å². The number of likely N-dealkylation sites (N-methyl/N-ethyl adjacent to an activating group) is 1. The molecular weight excluding hydrogens is 150 g/mol. The zero-order chi connectivity index (χ0) is 8.97. The lowest BCUT2D eigenvalue weighted by Gasteiger charge is -2.29. The van der Waals surface area contributed by atoms with Gasteiger partial charge in [-0.3, -0.25) is 0 Å². The molecule has 2 heteroatoms. The topological polar surface area (TPSA) is 23.5 Å². The van der Waals surface area contributed by atoms with Crippen LogP contribution < -0.4 is 0 Å². The second kappa shape index (κ2) is 4.63. The van der Waals surface area contributed by atoms with Crippen LogP contribution in [0.4, 0.5) is 0 Å². The normalized spacial score (nSPS) is 31.7. The number of aliphatic hydroxyl groups excluding tert-OH is 1. The van der Waals surface area contributed by atoms with E-state index in [2.05, 4.69) is 17.1 Å². The van der Waals surface area contributed by atoms with E-state index in [1.807, 2.05) is 14.1 Å². The Kier molecular flexibility index (Phi) is 3.76. The van der Waals surface area contributed by atoms with Crippen LogP contribution in [0.1, 0.15) is 25.7 Å². The van der Waals surface area contributed by atoms with Crippen LogP contribution in [0.15, 0.2) is 12.2 Å². The van der Waals surface area contributed by atoms with Crippen LogP contribution >= 0.6 is 0 Å². The number of aliphatic hydroxyl groups is 1. The van der Waals surface area contributed by atoms with Gasteiger partial charge in [-0.1, -0.05) is 12.2 Å². The molecule has 0 aliphatic heterocycles. The van der Waals surface area contributed by atoms with Gasteiger partial charge in [0.1, 0.15) is 0 Å². The van der Waals surface area contributed by atoms with Crippen molar-refractivity contribution in [2.45, 2.75) is 37.8 Å². The quantitative estimate of drug-likeness (QED) is 0.600. The Balaban J connectivity index is 2.52. The lowest BCUT2D eigenvalue weighted by Crippen LogP contribution is -2.39. The monoisotopic (exact) mass is 169 g/mol. The molecule has 2 nitrogen and oxygen atoms in total. The highest BCUT2D eigenvalue weighted by molar-refractivity contribution is 4.90. The summed E-state index contributed by atoms with van der Waals surface area (Å²) in [6.45, 7) is 0. The fourth-order valence-corrected chi connectivity index (χ4v) is 1.76. The van der Waals surface area contributed by atoms with Crippen molar-refractivity contribution in [1.82, 2.24) is 4.90 Å². The first kappa shape index (κ1) is 9.75. The second-order valence-electron chi connectivity index (χ2n) is 3.72.